The van der Waals surface area contributed by atoms with Crippen LogP contribution in [0.15, 0.2) is 18.5 Å². The van der Waals surface area contributed by atoms with Gasteiger partial charge in [0.25, 0.3) is 0 Å². The molecule has 0 saturated carbocycles. The molecule has 4 heteroatoms. The predicted octanol–water partition coefficient (Wildman–Crippen LogP) is 1.80. The third-order valence-corrected chi connectivity index (χ3v) is 1.62. The van der Waals surface area contributed by atoms with E-state index in [0.29, 0.717) is 6.54 Å². The van der Waals surface area contributed by atoms with Crippen LogP contribution in [0.25, 0.3) is 0 Å². The van der Waals surface area contributed by atoms with Crippen LogP contribution in [0.5, 0.6) is 0 Å². The van der Waals surface area contributed by atoms with E-state index in [1.54, 1.807) is 12.4 Å². The van der Waals surface area contributed by atoms with Crippen LogP contribution in [0.2, 0.25) is 0 Å². The minimum absolute atomic E-state index is 0. The van der Waals surface area contributed by atoms with Crippen LogP contribution in [-0.4, -0.2) is 11.5 Å². The van der Waals surface area contributed by atoms with Gasteiger partial charge in [-0.05, 0) is 18.1 Å². The first-order valence-electron chi connectivity index (χ1n) is 4.00. The molecular weight excluding hydrogens is 219 g/mol. The number of rotatable bonds is 1. The summed E-state index contributed by atoms with van der Waals surface area (Å²) in [6.07, 6.45) is 4.55. The van der Waals surface area contributed by atoms with Gasteiger partial charge >= 0.3 is 0 Å². The van der Waals surface area contributed by atoms with E-state index < -0.39 is 0 Å². The normalized spacial score (nSPS) is 7.57. The summed E-state index contributed by atoms with van der Waals surface area (Å²) in [6, 6.07) is 1.99. The van der Waals surface area contributed by atoms with Gasteiger partial charge in [-0.2, -0.15) is 0 Å². The highest BCUT2D eigenvalue weighted by Gasteiger charge is 1.94. The molecular formula is C10H14Cl2N2. The van der Waals surface area contributed by atoms with Gasteiger partial charge in [-0.3, -0.25) is 4.98 Å². The minimum Gasteiger partial charge on any atom is -0.320 e. The van der Waals surface area contributed by atoms with Gasteiger partial charge in [-0.25, -0.2) is 0 Å². The summed E-state index contributed by atoms with van der Waals surface area (Å²) in [5.74, 6) is 5.80. The van der Waals surface area contributed by atoms with Crippen LogP contribution in [0, 0.1) is 11.8 Å². The van der Waals surface area contributed by atoms with Gasteiger partial charge in [0.1, 0.15) is 0 Å². The lowest BCUT2D eigenvalue weighted by atomic mass is 10.1. The predicted molar refractivity (Wildman–Crippen MR) is 64.0 cm³/mol. The van der Waals surface area contributed by atoms with Crippen molar-refractivity contribution in [1.29, 1.82) is 0 Å². The Morgan fingerprint density at radius 1 is 1.43 bits per heavy atom. The van der Waals surface area contributed by atoms with Gasteiger partial charge < -0.3 is 5.73 Å². The fraction of sp³-hybridized carbons (Fsp3) is 0.300. The van der Waals surface area contributed by atoms with E-state index in [4.69, 9.17) is 5.73 Å². The van der Waals surface area contributed by atoms with E-state index in [2.05, 4.69) is 23.7 Å². The molecule has 0 aromatic carbocycles. The van der Waals surface area contributed by atoms with E-state index >= 15 is 0 Å². The summed E-state index contributed by atoms with van der Waals surface area (Å²) in [5, 5.41) is 0. The smallest absolute Gasteiger partial charge is 0.0555 e. The molecule has 1 aromatic heterocycles. The van der Waals surface area contributed by atoms with Crippen LogP contribution in [0.4, 0.5) is 0 Å². The number of hydrogen-bond donors (Lipinski definition) is 1. The van der Waals surface area contributed by atoms with Crippen molar-refractivity contribution in [3.63, 3.8) is 0 Å². The van der Waals surface area contributed by atoms with E-state index in [9.17, 15) is 0 Å². The fourth-order valence-electron chi connectivity index (χ4n) is 0.990. The molecule has 0 amide bonds. The number of nitrogens with two attached hydrogens (primary N) is 1. The Labute approximate surface area is 97.1 Å². The summed E-state index contributed by atoms with van der Waals surface area (Å²) < 4.78 is 0. The molecule has 1 aromatic rings. The van der Waals surface area contributed by atoms with Crippen LogP contribution in [0.3, 0.4) is 0 Å². The first-order chi connectivity index (χ1) is 5.88. The average molecular weight is 233 g/mol. The molecule has 2 N–H and O–H groups in total. The second-order valence-corrected chi connectivity index (χ2v) is 2.39. The van der Waals surface area contributed by atoms with Crippen molar-refractivity contribution in [2.45, 2.75) is 13.3 Å². The van der Waals surface area contributed by atoms with E-state index in [0.717, 1.165) is 12.0 Å². The molecule has 0 aliphatic carbocycles. The number of aryl methyl sites for hydroxylation is 1. The van der Waals surface area contributed by atoms with Gasteiger partial charge in [0.15, 0.2) is 0 Å². The van der Waals surface area contributed by atoms with Gasteiger partial charge in [0.05, 0.1) is 6.54 Å². The fourth-order valence-corrected chi connectivity index (χ4v) is 0.990. The second kappa shape index (κ2) is 8.83. The maximum Gasteiger partial charge on any atom is 0.0555 e. The van der Waals surface area contributed by atoms with Crippen molar-refractivity contribution >= 4 is 24.8 Å². The zero-order chi connectivity index (χ0) is 8.81. The molecule has 0 bridgehead atoms. The summed E-state index contributed by atoms with van der Waals surface area (Å²) in [5.41, 5.74) is 7.49. The lowest BCUT2D eigenvalue weighted by Gasteiger charge is -1.97. The highest BCUT2D eigenvalue weighted by molar-refractivity contribution is 5.85. The average Bonchev–Trinajstić information content (AvgIpc) is 2.15. The summed E-state index contributed by atoms with van der Waals surface area (Å²) in [7, 11) is 0. The number of nitrogens with zero attached hydrogens (tertiary/aromatic N) is 1. The summed E-state index contributed by atoms with van der Waals surface area (Å²) >= 11 is 0. The van der Waals surface area contributed by atoms with Crippen LogP contribution in [0.1, 0.15) is 18.1 Å². The Bertz CT molecular complexity index is 315. The van der Waals surface area contributed by atoms with Crippen LogP contribution >= 0.6 is 24.8 Å². The van der Waals surface area contributed by atoms with Gasteiger partial charge in [-0.1, -0.05) is 18.8 Å². The third-order valence-electron chi connectivity index (χ3n) is 1.62. The van der Waals surface area contributed by atoms with Crippen LogP contribution in [-0.2, 0) is 6.42 Å². The Kier molecular flexibility index (Phi) is 9.91. The van der Waals surface area contributed by atoms with Crippen molar-refractivity contribution in [2.75, 3.05) is 6.54 Å². The molecule has 78 valence electrons. The van der Waals surface area contributed by atoms with E-state index in [1.807, 2.05) is 6.07 Å². The molecule has 0 fully saturated rings. The van der Waals surface area contributed by atoms with Crippen molar-refractivity contribution in [3.05, 3.63) is 29.6 Å². The number of aromatic nitrogens is 1. The monoisotopic (exact) mass is 232 g/mol. The zero-order valence-corrected chi connectivity index (χ0v) is 9.62. The molecule has 0 aliphatic rings. The molecule has 0 spiro atoms. The SMILES string of the molecule is CCc1ccncc1C#CCN.Cl.Cl. The third kappa shape index (κ3) is 4.48. The summed E-state index contributed by atoms with van der Waals surface area (Å²) in [4.78, 5) is 4.00. The van der Waals surface area contributed by atoms with Crippen molar-refractivity contribution in [3.8, 4) is 11.8 Å². The van der Waals surface area contributed by atoms with Gasteiger partial charge in [-0.15, -0.1) is 24.8 Å². The Morgan fingerprint density at radius 3 is 2.71 bits per heavy atom. The standard InChI is InChI=1S/C10H12N2.2ClH/c1-2-9-5-7-12-8-10(9)4-3-6-11;;/h5,7-8H,2,6,11H2,1H3;2*1H. The molecule has 0 saturated heterocycles. The second-order valence-electron chi connectivity index (χ2n) is 2.39. The highest BCUT2D eigenvalue weighted by atomic mass is 35.5. The Morgan fingerprint density at radius 2 is 2.14 bits per heavy atom. The molecule has 0 atom stereocenters. The minimum atomic E-state index is 0. The maximum atomic E-state index is 5.27. The Balaban J connectivity index is 0. The van der Waals surface area contributed by atoms with Gasteiger partial charge in [0, 0.05) is 18.0 Å². The lowest BCUT2D eigenvalue weighted by Crippen LogP contribution is -1.94. The molecule has 1 heterocycles. The molecule has 2 nitrogen and oxygen atoms in total. The summed E-state index contributed by atoms with van der Waals surface area (Å²) in [6.45, 7) is 2.50. The number of halogens is 2. The number of pyridine rings is 1. The first-order valence-corrected chi connectivity index (χ1v) is 4.00. The van der Waals surface area contributed by atoms with Crippen LogP contribution < -0.4 is 5.73 Å². The topological polar surface area (TPSA) is 38.9 Å². The Hall–Kier alpha value is -0.750. The molecule has 0 aliphatic heterocycles. The van der Waals surface area contributed by atoms with Crippen molar-refractivity contribution in [1.82, 2.24) is 4.98 Å². The molecule has 0 unspecified atom stereocenters. The molecule has 14 heavy (non-hydrogen) atoms. The zero-order valence-electron chi connectivity index (χ0n) is 7.99. The van der Waals surface area contributed by atoms with E-state index in [1.165, 1.54) is 5.56 Å². The lowest BCUT2D eigenvalue weighted by molar-refractivity contribution is 1.11. The van der Waals surface area contributed by atoms with Crippen molar-refractivity contribution < 1.29 is 0 Å². The largest absolute Gasteiger partial charge is 0.320 e. The quantitative estimate of drug-likeness (QED) is 0.751. The first kappa shape index (κ1) is 15.7. The number of hydrogen-bond acceptors (Lipinski definition) is 2. The van der Waals surface area contributed by atoms with Gasteiger partial charge in [0.2, 0.25) is 0 Å². The maximum absolute atomic E-state index is 5.27. The van der Waals surface area contributed by atoms with Crippen molar-refractivity contribution in [2.24, 2.45) is 5.73 Å². The molecule has 1 rings (SSSR count). The molecule has 0 radical (unpaired) electrons. The van der Waals surface area contributed by atoms with E-state index in [-0.39, 0.29) is 24.8 Å². The highest BCUT2D eigenvalue weighted by Crippen LogP contribution is 2.04.